The molecule has 0 aromatic heterocycles. The Hall–Kier alpha value is -1.28. The molecule has 18 heavy (non-hydrogen) atoms. The molecule has 1 unspecified atom stereocenters. The summed E-state index contributed by atoms with van der Waals surface area (Å²) in [5.41, 5.74) is 1.16. The number of aliphatic hydroxyl groups excluding tert-OH is 1. The lowest BCUT2D eigenvalue weighted by Crippen LogP contribution is -2.20. The monoisotopic (exact) mass is 246 g/mol. The summed E-state index contributed by atoms with van der Waals surface area (Å²) in [6.07, 6.45) is 8.90. The zero-order chi connectivity index (χ0) is 12.6. The quantitative estimate of drug-likeness (QED) is 0.821. The van der Waals surface area contributed by atoms with E-state index in [1.165, 1.54) is 25.7 Å². The molecule has 98 valence electrons. The minimum Gasteiger partial charge on any atom is -0.491 e. The topological polar surface area (TPSA) is 29.5 Å². The summed E-state index contributed by atoms with van der Waals surface area (Å²) in [7, 11) is 0. The van der Waals surface area contributed by atoms with Crippen molar-refractivity contribution in [3.8, 4) is 5.75 Å². The van der Waals surface area contributed by atoms with Crippen molar-refractivity contribution in [1.29, 1.82) is 0 Å². The molecule has 0 saturated heterocycles. The molecule has 0 spiro atoms. The van der Waals surface area contributed by atoms with Gasteiger partial charge in [0.05, 0.1) is 0 Å². The van der Waals surface area contributed by atoms with Crippen LogP contribution in [0.4, 0.5) is 0 Å². The Morgan fingerprint density at radius 1 is 1.06 bits per heavy atom. The third-order valence-corrected chi connectivity index (χ3v) is 3.41. The highest BCUT2D eigenvalue weighted by Crippen LogP contribution is 2.20. The maximum absolute atomic E-state index is 10.2. The fourth-order valence-corrected chi connectivity index (χ4v) is 2.32. The lowest BCUT2D eigenvalue weighted by molar-refractivity contribution is 0.131. The molecule has 1 aromatic rings. The van der Waals surface area contributed by atoms with Gasteiger partial charge < -0.3 is 9.84 Å². The maximum Gasteiger partial charge on any atom is 0.119 e. The van der Waals surface area contributed by atoms with Crippen LogP contribution in [0.25, 0.3) is 0 Å². The minimum atomic E-state index is -0.455. The normalized spacial score (nSPS) is 21.3. The van der Waals surface area contributed by atoms with E-state index >= 15 is 0 Å². The van der Waals surface area contributed by atoms with E-state index in [-0.39, 0.29) is 0 Å². The molecule has 1 aromatic carbocycles. The predicted molar refractivity (Wildman–Crippen MR) is 73.7 cm³/mol. The number of aliphatic hydroxyl groups is 1. The zero-order valence-electron chi connectivity index (χ0n) is 10.8. The van der Waals surface area contributed by atoms with Gasteiger partial charge in [0.15, 0.2) is 0 Å². The highest BCUT2D eigenvalue weighted by Gasteiger charge is 2.12. The van der Waals surface area contributed by atoms with Crippen LogP contribution in [-0.2, 0) is 0 Å². The molecule has 1 aliphatic rings. The molecular formula is C16H22O2. The van der Waals surface area contributed by atoms with Crippen molar-refractivity contribution in [2.45, 2.75) is 44.6 Å². The number of hydrogen-bond acceptors (Lipinski definition) is 2. The number of rotatable bonds is 4. The van der Waals surface area contributed by atoms with Crippen molar-refractivity contribution in [2.24, 2.45) is 0 Å². The molecule has 0 fully saturated rings. The Morgan fingerprint density at radius 3 is 2.67 bits per heavy atom. The first kappa shape index (κ1) is 13.2. The minimum absolute atomic E-state index is 0.357. The fraction of sp³-hybridized carbons (Fsp3) is 0.500. The highest BCUT2D eigenvalue weighted by molar-refractivity contribution is 5.21. The van der Waals surface area contributed by atoms with Crippen molar-refractivity contribution >= 4 is 0 Å². The standard InChI is InChI=1S/C16H22O2/c17-16(13-18-15-11-7-4-8-12-15)14-9-5-2-1-3-6-10-14/h4,7-9,11-12,16-17H,1-3,5-6,10,13H2/b14-9+. The number of para-hydroxylation sites is 1. The Balaban J connectivity index is 1.84. The smallest absolute Gasteiger partial charge is 0.119 e. The maximum atomic E-state index is 10.2. The van der Waals surface area contributed by atoms with Crippen LogP contribution in [0.1, 0.15) is 38.5 Å². The van der Waals surface area contributed by atoms with Crippen LogP contribution in [0.3, 0.4) is 0 Å². The van der Waals surface area contributed by atoms with E-state index in [4.69, 9.17) is 4.74 Å². The molecule has 0 heterocycles. The Morgan fingerprint density at radius 2 is 1.83 bits per heavy atom. The first-order chi connectivity index (χ1) is 8.86. The second kappa shape index (κ2) is 7.22. The average Bonchev–Trinajstić information content (AvgIpc) is 2.37. The van der Waals surface area contributed by atoms with E-state index < -0.39 is 6.10 Å². The summed E-state index contributed by atoms with van der Waals surface area (Å²) in [6, 6.07) is 9.67. The molecule has 0 aliphatic heterocycles. The van der Waals surface area contributed by atoms with Crippen molar-refractivity contribution in [2.75, 3.05) is 6.61 Å². The van der Waals surface area contributed by atoms with E-state index in [0.29, 0.717) is 6.61 Å². The number of ether oxygens (including phenoxy) is 1. The first-order valence-electron chi connectivity index (χ1n) is 6.91. The second-order valence-electron chi connectivity index (χ2n) is 4.87. The largest absolute Gasteiger partial charge is 0.491 e. The van der Waals surface area contributed by atoms with E-state index in [2.05, 4.69) is 6.08 Å². The summed E-state index contributed by atoms with van der Waals surface area (Å²) in [6.45, 7) is 0.357. The van der Waals surface area contributed by atoms with Crippen LogP contribution in [-0.4, -0.2) is 17.8 Å². The van der Waals surface area contributed by atoms with Gasteiger partial charge >= 0.3 is 0 Å². The SMILES string of the molecule is OC(COc1ccccc1)/C1=C/CCCCCC1. The van der Waals surface area contributed by atoms with Crippen molar-refractivity contribution in [1.82, 2.24) is 0 Å². The van der Waals surface area contributed by atoms with Gasteiger partial charge in [0.2, 0.25) is 0 Å². The summed E-state index contributed by atoms with van der Waals surface area (Å²) in [4.78, 5) is 0. The fourth-order valence-electron chi connectivity index (χ4n) is 2.32. The number of benzene rings is 1. The van der Waals surface area contributed by atoms with E-state index in [1.807, 2.05) is 30.3 Å². The molecule has 2 rings (SSSR count). The number of hydrogen-bond donors (Lipinski definition) is 1. The third kappa shape index (κ3) is 4.19. The van der Waals surface area contributed by atoms with Crippen molar-refractivity contribution in [3.63, 3.8) is 0 Å². The average molecular weight is 246 g/mol. The van der Waals surface area contributed by atoms with E-state index in [1.54, 1.807) is 0 Å². The third-order valence-electron chi connectivity index (χ3n) is 3.41. The lowest BCUT2D eigenvalue weighted by Gasteiger charge is -2.18. The molecule has 2 heteroatoms. The number of allylic oxidation sites excluding steroid dienone is 1. The summed E-state index contributed by atoms with van der Waals surface area (Å²) >= 11 is 0. The van der Waals surface area contributed by atoms with Gasteiger partial charge in [-0.15, -0.1) is 0 Å². The van der Waals surface area contributed by atoms with Gasteiger partial charge in [0.1, 0.15) is 18.5 Å². The molecule has 1 N–H and O–H groups in total. The van der Waals surface area contributed by atoms with Crippen LogP contribution in [0, 0.1) is 0 Å². The lowest BCUT2D eigenvalue weighted by atomic mass is 9.97. The molecule has 0 bridgehead atoms. The second-order valence-corrected chi connectivity index (χ2v) is 4.87. The summed E-state index contributed by atoms with van der Waals surface area (Å²) in [5, 5.41) is 10.2. The van der Waals surface area contributed by atoms with Gasteiger partial charge in [-0.1, -0.05) is 37.1 Å². The van der Waals surface area contributed by atoms with Gasteiger partial charge in [0, 0.05) is 0 Å². The van der Waals surface area contributed by atoms with Gasteiger partial charge in [-0.3, -0.25) is 0 Å². The van der Waals surface area contributed by atoms with Crippen molar-refractivity contribution < 1.29 is 9.84 Å². The Kier molecular flexibility index (Phi) is 5.28. The predicted octanol–water partition coefficient (Wildman–Crippen LogP) is 3.71. The summed E-state index contributed by atoms with van der Waals surface area (Å²) < 4.78 is 5.60. The molecule has 0 amide bonds. The van der Waals surface area contributed by atoms with Gasteiger partial charge in [0.25, 0.3) is 0 Å². The van der Waals surface area contributed by atoms with E-state index in [0.717, 1.165) is 24.2 Å². The van der Waals surface area contributed by atoms with Gasteiger partial charge in [-0.05, 0) is 43.4 Å². The summed E-state index contributed by atoms with van der Waals surface area (Å²) in [5.74, 6) is 0.822. The van der Waals surface area contributed by atoms with Crippen molar-refractivity contribution in [3.05, 3.63) is 42.0 Å². The molecule has 0 saturated carbocycles. The van der Waals surface area contributed by atoms with Crippen LogP contribution in [0.2, 0.25) is 0 Å². The van der Waals surface area contributed by atoms with Crippen LogP contribution in [0.15, 0.2) is 42.0 Å². The molecule has 1 atom stereocenters. The Labute approximate surface area is 109 Å². The zero-order valence-corrected chi connectivity index (χ0v) is 10.8. The van der Waals surface area contributed by atoms with Crippen LogP contribution in [0.5, 0.6) is 5.75 Å². The molecule has 2 nitrogen and oxygen atoms in total. The highest BCUT2D eigenvalue weighted by atomic mass is 16.5. The Bertz CT molecular complexity index is 370. The van der Waals surface area contributed by atoms with Gasteiger partial charge in [-0.2, -0.15) is 0 Å². The van der Waals surface area contributed by atoms with E-state index in [9.17, 15) is 5.11 Å². The van der Waals surface area contributed by atoms with Crippen LogP contribution >= 0.6 is 0 Å². The first-order valence-corrected chi connectivity index (χ1v) is 6.91. The molecular weight excluding hydrogens is 224 g/mol. The van der Waals surface area contributed by atoms with Crippen LogP contribution < -0.4 is 4.74 Å². The van der Waals surface area contributed by atoms with Gasteiger partial charge in [-0.25, -0.2) is 0 Å². The molecule has 1 aliphatic carbocycles. The molecule has 0 radical (unpaired) electrons.